The lowest BCUT2D eigenvalue weighted by atomic mass is 10.5. The Labute approximate surface area is 88.2 Å². The van der Waals surface area contributed by atoms with E-state index in [0.29, 0.717) is 10.7 Å². The number of nitrogens with zero attached hydrogens (tertiary/aromatic N) is 3. The van der Waals surface area contributed by atoms with E-state index in [2.05, 4.69) is 19.7 Å². The van der Waals surface area contributed by atoms with E-state index in [9.17, 15) is 4.79 Å². The largest absolute Gasteiger partial charge is 0.512 e. The van der Waals surface area contributed by atoms with E-state index >= 15 is 0 Å². The molecule has 0 aliphatic heterocycles. The number of aromatic nitrogens is 3. The van der Waals surface area contributed by atoms with Gasteiger partial charge in [0.25, 0.3) is 0 Å². The molecule has 6 nitrogen and oxygen atoms in total. The summed E-state index contributed by atoms with van der Waals surface area (Å²) in [6.45, 7) is 0. The molecule has 0 aromatic carbocycles. The van der Waals surface area contributed by atoms with Crippen molar-refractivity contribution in [2.45, 2.75) is 0 Å². The minimum Gasteiger partial charge on any atom is -0.449 e. The van der Waals surface area contributed by atoms with Crippen molar-refractivity contribution in [1.82, 2.24) is 15.0 Å². The molecule has 2 aromatic heterocycles. The minimum absolute atomic E-state index is 0.0492. The Hall–Kier alpha value is -2.02. The van der Waals surface area contributed by atoms with Crippen LogP contribution in [0, 0.1) is 0 Å². The van der Waals surface area contributed by atoms with Crippen LogP contribution in [0.15, 0.2) is 24.0 Å². The van der Waals surface area contributed by atoms with Gasteiger partial charge in [0.1, 0.15) is 10.7 Å². The van der Waals surface area contributed by atoms with Crippen LogP contribution in [0.5, 0.6) is 5.88 Å². The Morgan fingerprint density at radius 1 is 1.47 bits per heavy atom. The Bertz CT molecular complexity index is 471. The van der Waals surface area contributed by atoms with E-state index in [0.717, 1.165) is 0 Å². The number of ether oxygens (including phenoxy) is 1. The van der Waals surface area contributed by atoms with Crippen molar-refractivity contribution in [3.8, 4) is 16.6 Å². The summed E-state index contributed by atoms with van der Waals surface area (Å²) >= 11 is 1.24. The normalized spacial score (nSPS) is 9.87. The predicted molar refractivity (Wildman–Crippen MR) is 51.8 cm³/mol. The summed E-state index contributed by atoms with van der Waals surface area (Å²) < 4.78 is 4.38. The van der Waals surface area contributed by atoms with Crippen molar-refractivity contribution in [3.05, 3.63) is 24.0 Å². The van der Waals surface area contributed by atoms with Gasteiger partial charge in [0.2, 0.25) is 5.88 Å². The standard InChI is InChI=1S/C8H5N3O3S/c12-8(13)14-6-4-15-7(11-6)5-3-9-1-2-10-5/h1-4H,(H,12,13). The summed E-state index contributed by atoms with van der Waals surface area (Å²) in [5, 5.41) is 10.4. The third-order valence-electron chi connectivity index (χ3n) is 1.46. The van der Waals surface area contributed by atoms with Crippen LogP contribution in [0.25, 0.3) is 10.7 Å². The molecule has 0 aliphatic carbocycles. The van der Waals surface area contributed by atoms with Crippen molar-refractivity contribution in [1.29, 1.82) is 0 Å². The second-order valence-corrected chi connectivity index (χ2v) is 3.31. The summed E-state index contributed by atoms with van der Waals surface area (Å²) in [6, 6.07) is 0. The van der Waals surface area contributed by atoms with Gasteiger partial charge in [0.15, 0.2) is 0 Å². The molecule has 7 heteroatoms. The molecular formula is C8H5N3O3S. The van der Waals surface area contributed by atoms with Gasteiger partial charge in [-0.3, -0.25) is 9.97 Å². The minimum atomic E-state index is -1.38. The van der Waals surface area contributed by atoms with E-state index in [1.165, 1.54) is 22.9 Å². The molecule has 0 radical (unpaired) electrons. The molecule has 0 aliphatic rings. The molecule has 15 heavy (non-hydrogen) atoms. The number of rotatable bonds is 2. The van der Waals surface area contributed by atoms with Gasteiger partial charge in [-0.15, -0.1) is 11.3 Å². The maximum absolute atomic E-state index is 10.2. The SMILES string of the molecule is O=C(O)Oc1csc(-c2cnccn2)n1. The first kappa shape index (κ1) is 9.53. The van der Waals surface area contributed by atoms with Gasteiger partial charge in [-0.1, -0.05) is 0 Å². The molecular weight excluding hydrogens is 218 g/mol. The Morgan fingerprint density at radius 3 is 3.00 bits per heavy atom. The number of thiazole rings is 1. The van der Waals surface area contributed by atoms with E-state index in [1.807, 2.05) is 0 Å². The summed E-state index contributed by atoms with van der Waals surface area (Å²) in [5.41, 5.74) is 0.586. The van der Waals surface area contributed by atoms with Crippen molar-refractivity contribution in [3.63, 3.8) is 0 Å². The summed E-state index contributed by atoms with van der Waals surface area (Å²) in [6.07, 6.45) is 3.25. The summed E-state index contributed by atoms with van der Waals surface area (Å²) in [4.78, 5) is 22.1. The summed E-state index contributed by atoms with van der Waals surface area (Å²) in [5.74, 6) is 0.0492. The van der Waals surface area contributed by atoms with E-state index in [1.54, 1.807) is 12.4 Å². The molecule has 0 fully saturated rings. The van der Waals surface area contributed by atoms with Gasteiger partial charge in [-0.25, -0.2) is 4.79 Å². The molecule has 0 saturated carbocycles. The number of carboxylic acid groups (broad SMARTS) is 1. The van der Waals surface area contributed by atoms with Gasteiger partial charge in [-0.2, -0.15) is 4.98 Å². The molecule has 2 rings (SSSR count). The van der Waals surface area contributed by atoms with Crippen molar-refractivity contribution in [2.24, 2.45) is 0 Å². The van der Waals surface area contributed by atoms with Gasteiger partial charge >= 0.3 is 6.16 Å². The second kappa shape index (κ2) is 4.01. The molecule has 0 atom stereocenters. The van der Waals surface area contributed by atoms with Crippen LogP contribution in [0.1, 0.15) is 0 Å². The highest BCUT2D eigenvalue weighted by molar-refractivity contribution is 7.13. The smallest absolute Gasteiger partial charge is 0.449 e. The van der Waals surface area contributed by atoms with Crippen molar-refractivity contribution >= 4 is 17.5 Å². The average molecular weight is 223 g/mol. The Balaban J connectivity index is 2.24. The van der Waals surface area contributed by atoms with Gasteiger partial charge < -0.3 is 9.84 Å². The molecule has 0 amide bonds. The number of carbonyl (C=O) groups is 1. The van der Waals surface area contributed by atoms with Crippen molar-refractivity contribution in [2.75, 3.05) is 0 Å². The molecule has 76 valence electrons. The zero-order valence-electron chi connectivity index (χ0n) is 7.32. The van der Waals surface area contributed by atoms with Crippen molar-refractivity contribution < 1.29 is 14.6 Å². The van der Waals surface area contributed by atoms with Crippen LogP contribution in [-0.2, 0) is 0 Å². The molecule has 0 bridgehead atoms. The fourth-order valence-corrected chi connectivity index (χ4v) is 1.60. The highest BCUT2D eigenvalue weighted by atomic mass is 32.1. The number of hydrogen-bond donors (Lipinski definition) is 1. The van der Waals surface area contributed by atoms with Crippen LogP contribution in [-0.4, -0.2) is 26.2 Å². The zero-order valence-corrected chi connectivity index (χ0v) is 8.14. The Kier molecular flexibility index (Phi) is 2.55. The third-order valence-corrected chi connectivity index (χ3v) is 2.30. The monoisotopic (exact) mass is 223 g/mol. The third kappa shape index (κ3) is 2.26. The molecule has 1 N–H and O–H groups in total. The fraction of sp³-hybridized carbons (Fsp3) is 0. The first-order chi connectivity index (χ1) is 7.25. The molecule has 0 spiro atoms. The average Bonchev–Trinajstić information content (AvgIpc) is 2.67. The molecule has 0 saturated heterocycles. The lowest BCUT2D eigenvalue weighted by Crippen LogP contribution is -2.02. The van der Waals surface area contributed by atoms with Crippen LogP contribution in [0.4, 0.5) is 4.79 Å². The van der Waals surface area contributed by atoms with Gasteiger partial charge in [0, 0.05) is 12.4 Å². The van der Waals surface area contributed by atoms with Crippen LogP contribution in [0.2, 0.25) is 0 Å². The van der Waals surface area contributed by atoms with Gasteiger partial charge in [-0.05, 0) is 0 Å². The van der Waals surface area contributed by atoms with E-state index in [4.69, 9.17) is 5.11 Å². The maximum atomic E-state index is 10.2. The topological polar surface area (TPSA) is 85.2 Å². The molecule has 0 unspecified atom stereocenters. The Morgan fingerprint density at radius 2 is 2.33 bits per heavy atom. The van der Waals surface area contributed by atoms with Crippen LogP contribution in [0.3, 0.4) is 0 Å². The maximum Gasteiger partial charge on any atom is 0.512 e. The van der Waals surface area contributed by atoms with E-state index in [-0.39, 0.29) is 5.88 Å². The van der Waals surface area contributed by atoms with E-state index < -0.39 is 6.16 Å². The molecule has 2 heterocycles. The second-order valence-electron chi connectivity index (χ2n) is 2.45. The predicted octanol–water partition coefficient (Wildman–Crippen LogP) is 1.66. The van der Waals surface area contributed by atoms with Crippen LogP contribution >= 0.6 is 11.3 Å². The molecule has 2 aromatic rings. The summed E-state index contributed by atoms with van der Waals surface area (Å²) in [7, 11) is 0. The number of hydrogen-bond acceptors (Lipinski definition) is 6. The zero-order chi connectivity index (χ0) is 10.7. The lowest BCUT2D eigenvalue weighted by molar-refractivity contribution is 0.143. The first-order valence-corrected chi connectivity index (χ1v) is 4.76. The highest BCUT2D eigenvalue weighted by Crippen LogP contribution is 2.24. The van der Waals surface area contributed by atoms with Gasteiger partial charge in [0.05, 0.1) is 11.6 Å². The lowest BCUT2D eigenvalue weighted by Gasteiger charge is -1.92. The quantitative estimate of drug-likeness (QED) is 0.779. The highest BCUT2D eigenvalue weighted by Gasteiger charge is 2.08. The fourth-order valence-electron chi connectivity index (χ4n) is 0.923. The van der Waals surface area contributed by atoms with Crippen LogP contribution < -0.4 is 4.74 Å². The first-order valence-electron chi connectivity index (χ1n) is 3.88.